The summed E-state index contributed by atoms with van der Waals surface area (Å²) in [7, 11) is 1.41. The first kappa shape index (κ1) is 11.6. The molecule has 7 heteroatoms. The maximum atomic E-state index is 11.9. The van der Waals surface area contributed by atoms with Gasteiger partial charge in [0, 0.05) is 14.0 Å². The molecule has 3 aliphatic rings. The fourth-order valence-corrected chi connectivity index (χ4v) is 3.19. The van der Waals surface area contributed by atoms with Gasteiger partial charge in [0.25, 0.3) is 0 Å². The lowest BCUT2D eigenvalue weighted by Crippen LogP contribution is -2.49. The van der Waals surface area contributed by atoms with E-state index in [1.807, 2.05) is 0 Å². The number of hydrogen-bond acceptors (Lipinski definition) is 6. The minimum absolute atomic E-state index is 0.332. The molecule has 7 nitrogen and oxygen atoms in total. The van der Waals surface area contributed by atoms with Gasteiger partial charge in [0.15, 0.2) is 6.10 Å². The molecular weight excluding hydrogens is 242 g/mol. The van der Waals surface area contributed by atoms with Crippen LogP contribution < -0.4 is 0 Å². The van der Waals surface area contributed by atoms with Gasteiger partial charge in [0.1, 0.15) is 18.3 Å². The Morgan fingerprint density at radius 1 is 1.28 bits per heavy atom. The van der Waals surface area contributed by atoms with Crippen molar-refractivity contribution in [3.63, 3.8) is 0 Å². The van der Waals surface area contributed by atoms with E-state index in [0.717, 1.165) is 4.90 Å². The summed E-state index contributed by atoms with van der Waals surface area (Å²) in [5, 5.41) is 9.98. The molecule has 3 heterocycles. The summed E-state index contributed by atoms with van der Waals surface area (Å²) in [4.78, 5) is 35.8. The van der Waals surface area contributed by atoms with Gasteiger partial charge in [0.2, 0.25) is 11.8 Å². The average Bonchev–Trinajstić information content (AvgIpc) is 2.89. The normalized spacial score (nSPS) is 45.6. The number of hydrogen-bond donors (Lipinski definition) is 1. The first-order chi connectivity index (χ1) is 8.43. The molecule has 3 saturated heterocycles. The number of rotatable bonds is 1. The van der Waals surface area contributed by atoms with E-state index < -0.39 is 42.2 Å². The van der Waals surface area contributed by atoms with Crippen LogP contribution in [0.3, 0.4) is 0 Å². The lowest BCUT2D eigenvalue weighted by molar-refractivity contribution is -0.157. The molecule has 0 saturated carbocycles. The summed E-state index contributed by atoms with van der Waals surface area (Å²) in [5.41, 5.74) is 0. The number of esters is 1. The van der Waals surface area contributed by atoms with Crippen molar-refractivity contribution in [2.75, 3.05) is 7.05 Å². The van der Waals surface area contributed by atoms with E-state index in [0.29, 0.717) is 0 Å². The molecule has 98 valence electrons. The average molecular weight is 255 g/mol. The Morgan fingerprint density at radius 2 is 1.83 bits per heavy atom. The zero-order chi connectivity index (χ0) is 13.2. The number of ether oxygens (including phenoxy) is 2. The SMILES string of the molecule is CC(=O)OC1C(O)C2OC1C1C(=O)N(C)C(=O)C21. The lowest BCUT2D eigenvalue weighted by atomic mass is 9.78. The number of nitrogens with zero attached hydrogens (tertiary/aromatic N) is 1. The van der Waals surface area contributed by atoms with Gasteiger partial charge in [-0.2, -0.15) is 0 Å². The Kier molecular flexibility index (Phi) is 2.27. The second-order valence-electron chi connectivity index (χ2n) is 4.92. The standard InChI is InChI=1S/C11H13NO6/c1-3(13)17-9-6(14)7-4-5(8(9)18-7)11(16)12(2)10(4)15/h4-9,14H,1-2H3. The van der Waals surface area contributed by atoms with Crippen molar-refractivity contribution in [3.05, 3.63) is 0 Å². The Balaban J connectivity index is 1.92. The molecule has 6 atom stereocenters. The van der Waals surface area contributed by atoms with Gasteiger partial charge in [-0.3, -0.25) is 19.3 Å². The number of carbonyl (C=O) groups excluding carboxylic acids is 3. The molecular formula is C11H13NO6. The molecule has 3 rings (SSSR count). The highest BCUT2D eigenvalue weighted by molar-refractivity contribution is 6.06. The first-order valence-corrected chi connectivity index (χ1v) is 5.75. The third-order valence-corrected chi connectivity index (χ3v) is 3.94. The smallest absolute Gasteiger partial charge is 0.303 e. The molecule has 6 unspecified atom stereocenters. The molecule has 0 aromatic carbocycles. The number of carbonyl (C=O) groups is 3. The highest BCUT2D eigenvalue weighted by Crippen LogP contribution is 2.49. The van der Waals surface area contributed by atoms with Crippen LogP contribution in [0.1, 0.15) is 6.92 Å². The highest BCUT2D eigenvalue weighted by Gasteiger charge is 2.69. The van der Waals surface area contributed by atoms with Gasteiger partial charge in [-0.1, -0.05) is 0 Å². The van der Waals surface area contributed by atoms with Gasteiger partial charge < -0.3 is 14.6 Å². The summed E-state index contributed by atoms with van der Waals surface area (Å²) in [6.45, 7) is 1.23. The number of aliphatic hydroxyl groups is 1. The van der Waals surface area contributed by atoms with E-state index in [1.165, 1.54) is 14.0 Å². The minimum atomic E-state index is -1.05. The molecule has 0 aromatic heterocycles. The molecule has 3 fully saturated rings. The monoisotopic (exact) mass is 255 g/mol. The van der Waals surface area contributed by atoms with E-state index in [1.54, 1.807) is 0 Å². The summed E-state index contributed by atoms with van der Waals surface area (Å²) < 4.78 is 10.4. The van der Waals surface area contributed by atoms with Gasteiger partial charge in [-0.05, 0) is 0 Å². The van der Waals surface area contributed by atoms with Crippen molar-refractivity contribution in [2.24, 2.45) is 11.8 Å². The Bertz CT molecular complexity index is 447. The van der Waals surface area contributed by atoms with E-state index in [9.17, 15) is 19.5 Å². The summed E-state index contributed by atoms with van der Waals surface area (Å²) >= 11 is 0. The van der Waals surface area contributed by atoms with Gasteiger partial charge in [-0.25, -0.2) is 0 Å². The molecule has 1 N–H and O–H groups in total. The van der Waals surface area contributed by atoms with Gasteiger partial charge in [-0.15, -0.1) is 0 Å². The maximum absolute atomic E-state index is 11.9. The number of aliphatic hydroxyl groups excluding tert-OH is 1. The van der Waals surface area contributed by atoms with Crippen LogP contribution in [0.4, 0.5) is 0 Å². The molecule has 0 spiro atoms. The zero-order valence-electron chi connectivity index (χ0n) is 9.90. The summed E-state index contributed by atoms with van der Waals surface area (Å²) in [6, 6.07) is 0. The molecule has 3 aliphatic heterocycles. The summed E-state index contributed by atoms with van der Waals surface area (Å²) in [5.74, 6) is -2.49. The Labute approximate surface area is 103 Å². The topological polar surface area (TPSA) is 93.1 Å². The van der Waals surface area contributed by atoms with Crippen LogP contribution in [0.15, 0.2) is 0 Å². The number of imide groups is 1. The van der Waals surface area contributed by atoms with Gasteiger partial charge in [0.05, 0.1) is 11.8 Å². The van der Waals surface area contributed by atoms with Crippen molar-refractivity contribution in [2.45, 2.75) is 31.3 Å². The molecule has 0 radical (unpaired) electrons. The molecule has 18 heavy (non-hydrogen) atoms. The quantitative estimate of drug-likeness (QED) is 0.443. The Morgan fingerprint density at radius 3 is 2.39 bits per heavy atom. The van der Waals surface area contributed by atoms with Crippen molar-refractivity contribution in [3.8, 4) is 0 Å². The second-order valence-corrected chi connectivity index (χ2v) is 4.92. The lowest BCUT2D eigenvalue weighted by Gasteiger charge is -2.28. The Hall–Kier alpha value is -1.47. The van der Waals surface area contributed by atoms with Crippen LogP contribution in [0.2, 0.25) is 0 Å². The van der Waals surface area contributed by atoms with E-state index in [-0.39, 0.29) is 11.8 Å². The number of amides is 2. The molecule has 0 aromatic rings. The zero-order valence-corrected chi connectivity index (χ0v) is 9.90. The molecule has 2 bridgehead atoms. The van der Waals surface area contributed by atoms with Crippen LogP contribution >= 0.6 is 0 Å². The van der Waals surface area contributed by atoms with E-state index in [4.69, 9.17) is 9.47 Å². The molecule has 0 aliphatic carbocycles. The van der Waals surface area contributed by atoms with Gasteiger partial charge >= 0.3 is 5.97 Å². The van der Waals surface area contributed by atoms with Crippen LogP contribution in [0.25, 0.3) is 0 Å². The van der Waals surface area contributed by atoms with E-state index in [2.05, 4.69) is 0 Å². The third kappa shape index (κ3) is 1.23. The van der Waals surface area contributed by atoms with Crippen molar-refractivity contribution >= 4 is 17.8 Å². The second kappa shape index (κ2) is 3.52. The molecule has 2 amide bonds. The third-order valence-electron chi connectivity index (χ3n) is 3.94. The number of fused-ring (bicyclic) bond motifs is 5. The van der Waals surface area contributed by atoms with E-state index >= 15 is 0 Å². The predicted octanol–water partition coefficient (Wildman–Crippen LogP) is -1.71. The van der Waals surface area contributed by atoms with Crippen molar-refractivity contribution < 1.29 is 29.0 Å². The maximum Gasteiger partial charge on any atom is 0.303 e. The van der Waals surface area contributed by atoms with Crippen molar-refractivity contribution in [1.82, 2.24) is 4.90 Å². The van der Waals surface area contributed by atoms with Crippen LogP contribution in [0.5, 0.6) is 0 Å². The van der Waals surface area contributed by atoms with Crippen LogP contribution in [-0.4, -0.2) is 59.3 Å². The largest absolute Gasteiger partial charge is 0.457 e. The predicted molar refractivity (Wildman–Crippen MR) is 55.0 cm³/mol. The number of likely N-dealkylation sites (tertiary alicyclic amines) is 1. The first-order valence-electron chi connectivity index (χ1n) is 5.75. The van der Waals surface area contributed by atoms with Crippen molar-refractivity contribution in [1.29, 1.82) is 0 Å². The fourth-order valence-electron chi connectivity index (χ4n) is 3.19. The van der Waals surface area contributed by atoms with Crippen LogP contribution in [0, 0.1) is 11.8 Å². The van der Waals surface area contributed by atoms with Crippen LogP contribution in [-0.2, 0) is 23.9 Å². The summed E-state index contributed by atoms with van der Waals surface area (Å²) in [6.07, 6.45) is -3.40. The fraction of sp³-hybridized carbons (Fsp3) is 0.727. The highest BCUT2D eigenvalue weighted by atomic mass is 16.6. The minimum Gasteiger partial charge on any atom is -0.457 e.